The van der Waals surface area contributed by atoms with E-state index < -0.39 is 11.7 Å². The number of rotatable bonds is 2. The molecule has 2 unspecified atom stereocenters. The summed E-state index contributed by atoms with van der Waals surface area (Å²) in [6.45, 7) is 3.74. The van der Waals surface area contributed by atoms with Gasteiger partial charge in [-0.2, -0.15) is 0 Å². The van der Waals surface area contributed by atoms with Crippen molar-refractivity contribution >= 4 is 17.5 Å². The number of amides is 1. The first kappa shape index (κ1) is 13.3. The Morgan fingerprint density at radius 2 is 2.33 bits per heavy atom. The Hall–Kier alpha value is -1.13. The number of nitrogens with one attached hydrogen (secondary N) is 2. The van der Waals surface area contributed by atoms with Crippen molar-refractivity contribution in [3.05, 3.63) is 34.6 Å². The fourth-order valence-corrected chi connectivity index (χ4v) is 2.39. The maximum atomic E-state index is 13.6. The third kappa shape index (κ3) is 2.82. The molecule has 0 aliphatic carbocycles. The Kier molecular flexibility index (Phi) is 4.19. The minimum atomic E-state index is -0.587. The molecule has 5 heteroatoms. The molecule has 0 saturated carbocycles. The zero-order valence-electron chi connectivity index (χ0n) is 10.2. The smallest absolute Gasteiger partial charge is 0.256 e. The van der Waals surface area contributed by atoms with Crippen LogP contribution in [-0.4, -0.2) is 25.0 Å². The van der Waals surface area contributed by atoms with Crippen molar-refractivity contribution in [3.63, 3.8) is 0 Å². The Balaban J connectivity index is 2.12. The summed E-state index contributed by atoms with van der Waals surface area (Å²) in [6, 6.07) is 4.26. The molecule has 1 aromatic carbocycles. The fraction of sp³-hybridized carbons (Fsp3) is 0.462. The van der Waals surface area contributed by atoms with Gasteiger partial charge >= 0.3 is 0 Å². The molecule has 2 rings (SSSR count). The van der Waals surface area contributed by atoms with Gasteiger partial charge < -0.3 is 10.6 Å². The number of hydrogen-bond acceptors (Lipinski definition) is 2. The second kappa shape index (κ2) is 5.67. The molecule has 98 valence electrons. The summed E-state index contributed by atoms with van der Waals surface area (Å²) in [4.78, 5) is 12.0. The van der Waals surface area contributed by atoms with Crippen LogP contribution in [-0.2, 0) is 0 Å². The predicted molar refractivity (Wildman–Crippen MR) is 69.3 cm³/mol. The van der Waals surface area contributed by atoms with Gasteiger partial charge in [0.1, 0.15) is 5.82 Å². The Morgan fingerprint density at radius 1 is 1.56 bits per heavy atom. The van der Waals surface area contributed by atoms with Crippen molar-refractivity contribution in [1.82, 2.24) is 10.6 Å². The van der Waals surface area contributed by atoms with Gasteiger partial charge in [0.2, 0.25) is 0 Å². The normalized spacial score (nSPS) is 23.7. The van der Waals surface area contributed by atoms with Crippen LogP contribution in [0.5, 0.6) is 0 Å². The van der Waals surface area contributed by atoms with Gasteiger partial charge in [0, 0.05) is 12.6 Å². The van der Waals surface area contributed by atoms with Crippen LogP contribution >= 0.6 is 11.6 Å². The summed E-state index contributed by atoms with van der Waals surface area (Å²) in [6.07, 6.45) is 0.996. The third-order valence-corrected chi connectivity index (χ3v) is 3.65. The van der Waals surface area contributed by atoms with E-state index in [-0.39, 0.29) is 16.6 Å². The zero-order valence-corrected chi connectivity index (χ0v) is 10.9. The maximum Gasteiger partial charge on any atom is 0.256 e. The van der Waals surface area contributed by atoms with Gasteiger partial charge in [0.25, 0.3) is 5.91 Å². The fourth-order valence-electron chi connectivity index (χ4n) is 2.14. The van der Waals surface area contributed by atoms with Gasteiger partial charge in [-0.25, -0.2) is 4.39 Å². The average molecular weight is 271 g/mol. The van der Waals surface area contributed by atoms with Crippen LogP contribution in [0.2, 0.25) is 5.02 Å². The lowest BCUT2D eigenvalue weighted by Crippen LogP contribution is -2.50. The van der Waals surface area contributed by atoms with Crippen molar-refractivity contribution in [3.8, 4) is 0 Å². The molecule has 1 heterocycles. The average Bonchev–Trinajstić information content (AvgIpc) is 2.32. The van der Waals surface area contributed by atoms with E-state index in [2.05, 4.69) is 17.6 Å². The van der Waals surface area contributed by atoms with Crippen molar-refractivity contribution in [2.45, 2.75) is 19.4 Å². The predicted octanol–water partition coefficient (Wildman–Crippen LogP) is 2.21. The molecule has 3 nitrogen and oxygen atoms in total. The quantitative estimate of drug-likeness (QED) is 0.865. The lowest BCUT2D eigenvalue weighted by atomic mass is 9.94. The monoisotopic (exact) mass is 270 g/mol. The van der Waals surface area contributed by atoms with Crippen LogP contribution in [0.25, 0.3) is 0 Å². The Labute approximate surface area is 111 Å². The first-order valence-electron chi connectivity index (χ1n) is 6.05. The number of carbonyl (C=O) groups excluding carboxylic acids is 1. The molecule has 1 saturated heterocycles. The van der Waals surface area contributed by atoms with Gasteiger partial charge in [-0.1, -0.05) is 24.6 Å². The summed E-state index contributed by atoms with van der Waals surface area (Å²) in [5.41, 5.74) is -0.0723. The van der Waals surface area contributed by atoms with Gasteiger partial charge in [-0.3, -0.25) is 4.79 Å². The molecular formula is C13H16ClFN2O. The molecule has 1 aromatic rings. The second-order valence-corrected chi connectivity index (χ2v) is 5.05. The van der Waals surface area contributed by atoms with Crippen molar-refractivity contribution in [2.24, 2.45) is 5.92 Å². The summed E-state index contributed by atoms with van der Waals surface area (Å²) in [7, 11) is 0. The number of piperidine rings is 1. The van der Waals surface area contributed by atoms with E-state index in [0.717, 1.165) is 13.0 Å². The minimum absolute atomic E-state index is 0.0157. The van der Waals surface area contributed by atoms with E-state index in [1.807, 2.05) is 0 Å². The molecule has 1 aliphatic heterocycles. The van der Waals surface area contributed by atoms with Crippen molar-refractivity contribution < 1.29 is 9.18 Å². The molecule has 2 N–H and O–H groups in total. The van der Waals surface area contributed by atoms with Crippen LogP contribution in [0.3, 0.4) is 0 Å². The molecule has 1 amide bonds. The van der Waals surface area contributed by atoms with Gasteiger partial charge in [0.05, 0.1) is 10.6 Å². The minimum Gasteiger partial charge on any atom is -0.348 e. The molecule has 1 aliphatic rings. The number of benzene rings is 1. The highest BCUT2D eigenvalue weighted by Gasteiger charge is 2.25. The van der Waals surface area contributed by atoms with E-state index >= 15 is 0 Å². The van der Waals surface area contributed by atoms with Crippen LogP contribution in [0.1, 0.15) is 23.7 Å². The van der Waals surface area contributed by atoms with Gasteiger partial charge in [-0.05, 0) is 31.0 Å². The number of hydrogen-bond donors (Lipinski definition) is 2. The molecule has 1 fully saturated rings. The van der Waals surface area contributed by atoms with Crippen LogP contribution in [0.4, 0.5) is 4.39 Å². The summed E-state index contributed by atoms with van der Waals surface area (Å²) < 4.78 is 13.6. The molecule has 2 atom stereocenters. The topological polar surface area (TPSA) is 41.1 Å². The molecule has 18 heavy (non-hydrogen) atoms. The molecular weight excluding hydrogens is 255 g/mol. The molecule has 0 aromatic heterocycles. The number of carbonyl (C=O) groups is 1. The molecule has 0 spiro atoms. The first-order chi connectivity index (χ1) is 8.59. The second-order valence-electron chi connectivity index (χ2n) is 4.65. The maximum absolute atomic E-state index is 13.6. The van der Waals surface area contributed by atoms with Crippen LogP contribution < -0.4 is 10.6 Å². The van der Waals surface area contributed by atoms with Crippen molar-refractivity contribution in [1.29, 1.82) is 0 Å². The van der Waals surface area contributed by atoms with E-state index in [1.165, 1.54) is 18.2 Å². The van der Waals surface area contributed by atoms with E-state index in [0.29, 0.717) is 12.5 Å². The van der Waals surface area contributed by atoms with E-state index in [1.54, 1.807) is 0 Å². The van der Waals surface area contributed by atoms with Gasteiger partial charge in [-0.15, -0.1) is 0 Å². The zero-order chi connectivity index (χ0) is 13.1. The highest BCUT2D eigenvalue weighted by atomic mass is 35.5. The lowest BCUT2D eigenvalue weighted by molar-refractivity contribution is 0.0911. The van der Waals surface area contributed by atoms with Gasteiger partial charge in [0.15, 0.2) is 0 Å². The highest BCUT2D eigenvalue weighted by Crippen LogP contribution is 2.20. The largest absolute Gasteiger partial charge is 0.348 e. The van der Waals surface area contributed by atoms with E-state index in [4.69, 9.17) is 11.6 Å². The summed E-state index contributed by atoms with van der Waals surface area (Å²) in [5, 5.41) is 6.19. The summed E-state index contributed by atoms with van der Waals surface area (Å²) >= 11 is 5.86. The first-order valence-corrected chi connectivity index (χ1v) is 6.43. The lowest BCUT2D eigenvalue weighted by Gasteiger charge is -2.30. The number of halogens is 2. The Bertz CT molecular complexity index is 432. The Morgan fingerprint density at radius 3 is 3.00 bits per heavy atom. The standard InChI is InChI=1S/C13H16ClFN2O/c1-8-5-6-16-7-11(8)17-13(18)12-9(14)3-2-4-10(12)15/h2-4,8,11,16H,5-7H2,1H3,(H,17,18). The molecule has 0 radical (unpaired) electrons. The SMILES string of the molecule is CC1CCNCC1NC(=O)c1c(F)cccc1Cl. The molecule has 0 bridgehead atoms. The van der Waals surface area contributed by atoms with Crippen LogP contribution in [0.15, 0.2) is 18.2 Å². The summed E-state index contributed by atoms with van der Waals surface area (Å²) in [5.74, 6) is -0.657. The third-order valence-electron chi connectivity index (χ3n) is 3.33. The highest BCUT2D eigenvalue weighted by molar-refractivity contribution is 6.33. The van der Waals surface area contributed by atoms with Crippen LogP contribution in [0, 0.1) is 11.7 Å². The van der Waals surface area contributed by atoms with Crippen molar-refractivity contribution in [2.75, 3.05) is 13.1 Å². The van der Waals surface area contributed by atoms with E-state index in [9.17, 15) is 9.18 Å².